The van der Waals surface area contributed by atoms with E-state index in [2.05, 4.69) is 59.1 Å². The van der Waals surface area contributed by atoms with Gasteiger partial charge in [0.25, 0.3) is 0 Å². The molecule has 140 valence electrons. The van der Waals surface area contributed by atoms with Gasteiger partial charge in [-0.05, 0) is 62.8 Å². The van der Waals surface area contributed by atoms with Crippen molar-refractivity contribution in [3.63, 3.8) is 0 Å². The molecule has 2 heterocycles. The Morgan fingerprint density at radius 2 is 1.81 bits per heavy atom. The molecule has 1 saturated carbocycles. The lowest BCUT2D eigenvalue weighted by molar-refractivity contribution is 0.299. The van der Waals surface area contributed by atoms with E-state index in [1.54, 1.807) is 11.3 Å². The van der Waals surface area contributed by atoms with E-state index in [4.69, 9.17) is 4.98 Å². The maximum atomic E-state index is 4.82. The van der Waals surface area contributed by atoms with Gasteiger partial charge in [0.05, 0.1) is 4.88 Å². The molecule has 2 N–H and O–H groups in total. The monoisotopic (exact) mass is 378 g/mol. The second-order valence-electron chi connectivity index (χ2n) is 7.25. The van der Waals surface area contributed by atoms with E-state index in [1.165, 1.54) is 36.9 Å². The zero-order chi connectivity index (χ0) is 18.5. The molecule has 0 saturated heterocycles. The fourth-order valence-corrected chi connectivity index (χ4v) is 4.62. The van der Waals surface area contributed by atoms with E-state index in [1.807, 2.05) is 18.3 Å². The Kier molecular flexibility index (Phi) is 5.80. The van der Waals surface area contributed by atoms with Gasteiger partial charge in [-0.25, -0.2) is 9.97 Å². The third kappa shape index (κ3) is 4.73. The van der Waals surface area contributed by atoms with Gasteiger partial charge in [-0.15, -0.1) is 0 Å². The number of pyridine rings is 1. The van der Waals surface area contributed by atoms with Crippen LogP contribution in [-0.2, 0) is 6.42 Å². The summed E-state index contributed by atoms with van der Waals surface area (Å²) in [6.45, 7) is 0. The van der Waals surface area contributed by atoms with Crippen molar-refractivity contribution in [3.8, 4) is 10.4 Å². The number of thiazole rings is 1. The number of nitrogens with one attached hydrogen (secondary N) is 2. The second kappa shape index (κ2) is 8.63. The van der Waals surface area contributed by atoms with Crippen LogP contribution in [0, 0.1) is 5.92 Å². The minimum Gasteiger partial charge on any atom is -0.317 e. The van der Waals surface area contributed by atoms with Crippen molar-refractivity contribution >= 4 is 22.3 Å². The first-order valence-corrected chi connectivity index (χ1v) is 10.5. The van der Waals surface area contributed by atoms with Crippen molar-refractivity contribution < 1.29 is 0 Å². The Bertz CT molecular complexity index is 854. The van der Waals surface area contributed by atoms with Gasteiger partial charge >= 0.3 is 0 Å². The Hall–Kier alpha value is -2.24. The molecule has 1 aliphatic rings. The van der Waals surface area contributed by atoms with E-state index in [0.717, 1.165) is 28.2 Å². The zero-order valence-electron chi connectivity index (χ0n) is 15.7. The molecule has 1 aliphatic carbocycles. The normalized spacial score (nSPS) is 19.7. The molecular weight excluding hydrogens is 352 g/mol. The standard InChI is InChI=1S/C22H26N4S/c1-23-18-12-10-16(11-13-18)14-19-8-5-9-21(25-19)26-22-24-15-20(27-22)17-6-3-2-4-7-17/h2-9,15-16,18,23H,10-14H2,1H3,(H,24,25,26). The molecular formula is C22H26N4S. The van der Waals surface area contributed by atoms with Crippen LogP contribution in [0.15, 0.2) is 54.7 Å². The Morgan fingerprint density at radius 3 is 2.59 bits per heavy atom. The molecule has 27 heavy (non-hydrogen) atoms. The molecule has 4 rings (SSSR count). The highest BCUT2D eigenvalue weighted by atomic mass is 32.1. The minimum atomic E-state index is 0.700. The molecule has 1 aromatic carbocycles. The highest BCUT2D eigenvalue weighted by Crippen LogP contribution is 2.31. The van der Waals surface area contributed by atoms with Crippen molar-refractivity contribution in [1.29, 1.82) is 0 Å². The van der Waals surface area contributed by atoms with Gasteiger partial charge in [-0.3, -0.25) is 0 Å². The highest BCUT2D eigenvalue weighted by Gasteiger charge is 2.20. The number of nitrogens with zero attached hydrogens (tertiary/aromatic N) is 2. The molecule has 0 unspecified atom stereocenters. The van der Waals surface area contributed by atoms with Crippen LogP contribution in [0.1, 0.15) is 31.4 Å². The minimum absolute atomic E-state index is 0.700. The van der Waals surface area contributed by atoms with Crippen LogP contribution >= 0.6 is 11.3 Å². The molecule has 0 spiro atoms. The molecule has 1 fully saturated rings. The molecule has 0 atom stereocenters. The van der Waals surface area contributed by atoms with E-state index in [0.29, 0.717) is 6.04 Å². The summed E-state index contributed by atoms with van der Waals surface area (Å²) in [5, 5.41) is 7.66. The van der Waals surface area contributed by atoms with Gasteiger partial charge in [0.1, 0.15) is 5.82 Å². The van der Waals surface area contributed by atoms with Crippen molar-refractivity contribution in [1.82, 2.24) is 15.3 Å². The molecule has 3 aromatic rings. The topological polar surface area (TPSA) is 49.8 Å². The molecule has 4 nitrogen and oxygen atoms in total. The second-order valence-corrected chi connectivity index (χ2v) is 8.28. The summed E-state index contributed by atoms with van der Waals surface area (Å²) in [4.78, 5) is 10.5. The zero-order valence-corrected chi connectivity index (χ0v) is 16.5. The summed E-state index contributed by atoms with van der Waals surface area (Å²) in [5.74, 6) is 1.63. The lowest BCUT2D eigenvalue weighted by Gasteiger charge is -2.28. The molecule has 0 radical (unpaired) electrons. The predicted molar refractivity (Wildman–Crippen MR) is 114 cm³/mol. The fraction of sp³-hybridized carbons (Fsp3) is 0.364. The molecule has 0 aliphatic heterocycles. The lowest BCUT2D eigenvalue weighted by Crippen LogP contribution is -2.30. The highest BCUT2D eigenvalue weighted by molar-refractivity contribution is 7.18. The summed E-state index contributed by atoms with van der Waals surface area (Å²) in [6.07, 6.45) is 8.13. The fourth-order valence-electron chi connectivity index (χ4n) is 3.79. The summed E-state index contributed by atoms with van der Waals surface area (Å²) in [6, 6.07) is 17.3. The number of hydrogen-bond acceptors (Lipinski definition) is 5. The van der Waals surface area contributed by atoms with Crippen molar-refractivity contribution in [2.75, 3.05) is 12.4 Å². The van der Waals surface area contributed by atoms with E-state index >= 15 is 0 Å². The summed E-state index contributed by atoms with van der Waals surface area (Å²) < 4.78 is 0. The average molecular weight is 379 g/mol. The molecule has 5 heteroatoms. The number of rotatable bonds is 6. The van der Waals surface area contributed by atoms with Crippen LogP contribution in [0.4, 0.5) is 10.9 Å². The number of hydrogen-bond donors (Lipinski definition) is 2. The smallest absolute Gasteiger partial charge is 0.188 e. The summed E-state index contributed by atoms with van der Waals surface area (Å²) >= 11 is 1.66. The Morgan fingerprint density at radius 1 is 1.00 bits per heavy atom. The first kappa shape index (κ1) is 18.1. The third-order valence-electron chi connectivity index (χ3n) is 5.36. The van der Waals surface area contributed by atoms with Crippen molar-refractivity contribution in [2.45, 2.75) is 38.1 Å². The first-order chi connectivity index (χ1) is 13.3. The summed E-state index contributed by atoms with van der Waals surface area (Å²) in [5.41, 5.74) is 2.37. The molecule has 2 aromatic heterocycles. The predicted octanol–water partition coefficient (Wildman–Crippen LogP) is 5.27. The maximum Gasteiger partial charge on any atom is 0.188 e. The van der Waals surface area contributed by atoms with Crippen LogP contribution in [-0.4, -0.2) is 23.1 Å². The van der Waals surface area contributed by atoms with Crippen molar-refractivity contribution in [2.24, 2.45) is 5.92 Å². The van der Waals surface area contributed by atoms with E-state index in [9.17, 15) is 0 Å². The van der Waals surface area contributed by atoms with Gasteiger partial charge in [0, 0.05) is 17.9 Å². The van der Waals surface area contributed by atoms with Gasteiger partial charge < -0.3 is 10.6 Å². The maximum absolute atomic E-state index is 4.82. The number of anilines is 2. The third-order valence-corrected chi connectivity index (χ3v) is 6.32. The van der Waals surface area contributed by atoms with Gasteiger partial charge in [-0.2, -0.15) is 0 Å². The Balaban J connectivity index is 1.39. The number of aromatic nitrogens is 2. The van der Waals surface area contributed by atoms with Gasteiger partial charge in [-0.1, -0.05) is 47.7 Å². The largest absolute Gasteiger partial charge is 0.317 e. The van der Waals surface area contributed by atoms with Crippen LogP contribution in [0.5, 0.6) is 0 Å². The van der Waals surface area contributed by atoms with Crippen molar-refractivity contribution in [3.05, 3.63) is 60.4 Å². The average Bonchev–Trinajstić information content (AvgIpc) is 3.18. The molecule has 0 amide bonds. The Labute approximate surface area is 165 Å². The van der Waals surface area contributed by atoms with Crippen LogP contribution in [0.3, 0.4) is 0 Å². The van der Waals surface area contributed by atoms with Gasteiger partial charge in [0.15, 0.2) is 5.13 Å². The number of benzene rings is 1. The summed E-state index contributed by atoms with van der Waals surface area (Å²) in [7, 11) is 2.07. The quantitative estimate of drug-likeness (QED) is 0.613. The molecule has 0 bridgehead atoms. The lowest BCUT2D eigenvalue weighted by atomic mass is 9.83. The first-order valence-electron chi connectivity index (χ1n) is 9.71. The van der Waals surface area contributed by atoms with Crippen LogP contribution in [0.25, 0.3) is 10.4 Å². The van der Waals surface area contributed by atoms with Crippen LogP contribution in [0.2, 0.25) is 0 Å². The van der Waals surface area contributed by atoms with Crippen LogP contribution < -0.4 is 10.6 Å². The van der Waals surface area contributed by atoms with E-state index < -0.39 is 0 Å². The van der Waals surface area contributed by atoms with Gasteiger partial charge in [0.2, 0.25) is 0 Å². The van der Waals surface area contributed by atoms with E-state index in [-0.39, 0.29) is 0 Å². The SMILES string of the molecule is CNC1CCC(Cc2cccc(Nc3ncc(-c4ccccc4)s3)n2)CC1.